The minimum atomic E-state index is 0. The van der Waals surface area contributed by atoms with Crippen LogP contribution in [0.25, 0.3) is 0 Å². The zero-order valence-electron chi connectivity index (χ0n) is 8.12. The molecule has 0 atom stereocenters. The van der Waals surface area contributed by atoms with E-state index in [0.29, 0.717) is 0 Å². The van der Waals surface area contributed by atoms with E-state index in [9.17, 15) is 0 Å². The van der Waals surface area contributed by atoms with Crippen LogP contribution in [0.3, 0.4) is 0 Å². The maximum absolute atomic E-state index is 3.70. The van der Waals surface area contributed by atoms with E-state index in [1.807, 2.05) is 6.08 Å². The Balaban J connectivity index is 0.00000144. The lowest BCUT2D eigenvalue weighted by atomic mass is 10.3. The Bertz CT molecular complexity index is 243. The highest BCUT2D eigenvalue weighted by molar-refractivity contribution is 4.73. The van der Waals surface area contributed by atoms with E-state index in [1.54, 1.807) is 0 Å². The van der Waals surface area contributed by atoms with Crippen LogP contribution in [-0.2, 0) is 13.1 Å². The normalized spacial score (nSPS) is 9.31. The molecule has 0 aliphatic heterocycles. The van der Waals surface area contributed by atoms with E-state index < -0.39 is 0 Å². The van der Waals surface area contributed by atoms with Gasteiger partial charge in [-0.15, -0.1) is 0 Å². The number of allylic oxidation sites excluding steroid dienone is 1. The second-order valence-corrected chi connectivity index (χ2v) is 2.99. The van der Waals surface area contributed by atoms with Crippen LogP contribution in [-0.4, -0.2) is 4.57 Å². The van der Waals surface area contributed by atoms with Crippen LogP contribution in [0.5, 0.6) is 0 Å². The van der Waals surface area contributed by atoms with Gasteiger partial charge in [0.1, 0.15) is 18.9 Å². The number of nitrogens with zero attached hydrogens (tertiary/aromatic N) is 2. The Labute approximate surface area is 90.7 Å². The second-order valence-electron chi connectivity index (χ2n) is 2.99. The van der Waals surface area contributed by atoms with Crippen LogP contribution in [0.4, 0.5) is 0 Å². The number of unbranched alkanes of at least 4 members (excludes halogenated alkanes) is 1. The van der Waals surface area contributed by atoms with Gasteiger partial charge >= 0.3 is 0 Å². The third-order valence-electron chi connectivity index (χ3n) is 1.86. The van der Waals surface area contributed by atoms with Gasteiger partial charge in [0.2, 0.25) is 6.33 Å². The summed E-state index contributed by atoms with van der Waals surface area (Å²) in [5.41, 5.74) is 0. The summed E-state index contributed by atoms with van der Waals surface area (Å²) in [6.45, 7) is 7.93. The molecule has 0 unspecified atom stereocenters. The van der Waals surface area contributed by atoms with Gasteiger partial charge in [0, 0.05) is 0 Å². The summed E-state index contributed by atoms with van der Waals surface area (Å²) in [4.78, 5) is 0. The molecule has 2 nitrogen and oxygen atoms in total. The van der Waals surface area contributed by atoms with Crippen molar-refractivity contribution in [3.05, 3.63) is 31.4 Å². The summed E-state index contributed by atoms with van der Waals surface area (Å²) in [6.07, 6.45) is 10.7. The van der Waals surface area contributed by atoms with Crippen LogP contribution in [0, 0.1) is 0 Å². The van der Waals surface area contributed by atoms with E-state index in [4.69, 9.17) is 0 Å². The number of aryl methyl sites for hydroxylation is 1. The molecule has 3 heteroatoms. The third-order valence-corrected chi connectivity index (χ3v) is 1.86. The topological polar surface area (TPSA) is 8.81 Å². The van der Waals surface area contributed by atoms with E-state index in [0.717, 1.165) is 13.1 Å². The molecule has 13 heavy (non-hydrogen) atoms. The molecule has 0 bridgehead atoms. The Morgan fingerprint density at radius 1 is 1.54 bits per heavy atom. The van der Waals surface area contributed by atoms with Crippen molar-refractivity contribution in [3.63, 3.8) is 0 Å². The van der Waals surface area contributed by atoms with Gasteiger partial charge in [-0.25, -0.2) is 9.13 Å². The van der Waals surface area contributed by atoms with Crippen LogP contribution >= 0.6 is 0 Å². The molecule has 74 valence electrons. The van der Waals surface area contributed by atoms with Gasteiger partial charge in [-0.1, -0.05) is 26.0 Å². The Hall–Kier alpha value is -0.570. The number of imidazole rings is 1. The highest BCUT2D eigenvalue weighted by Crippen LogP contribution is 1.88. The van der Waals surface area contributed by atoms with E-state index in [1.165, 1.54) is 12.8 Å². The molecular formula is C10H17BrN2. The Morgan fingerprint density at radius 3 is 2.92 bits per heavy atom. The molecule has 0 radical (unpaired) electrons. The smallest absolute Gasteiger partial charge is 0.244 e. The number of aromatic nitrogens is 2. The van der Waals surface area contributed by atoms with Crippen molar-refractivity contribution in [3.8, 4) is 0 Å². The summed E-state index contributed by atoms with van der Waals surface area (Å²) < 4.78 is 4.34. The van der Waals surface area contributed by atoms with Gasteiger partial charge in [-0.05, 0) is 6.42 Å². The highest BCUT2D eigenvalue weighted by atomic mass is 79.9. The minimum absolute atomic E-state index is 0. The molecular weight excluding hydrogens is 228 g/mol. The monoisotopic (exact) mass is 244 g/mol. The molecule has 0 aliphatic carbocycles. The Morgan fingerprint density at radius 2 is 2.31 bits per heavy atom. The lowest BCUT2D eigenvalue weighted by molar-refractivity contribution is -0.696. The number of rotatable bonds is 5. The molecule has 0 aromatic carbocycles. The summed E-state index contributed by atoms with van der Waals surface area (Å²) in [5, 5.41) is 0. The van der Waals surface area contributed by atoms with E-state index in [-0.39, 0.29) is 17.0 Å². The summed E-state index contributed by atoms with van der Waals surface area (Å²) in [5.74, 6) is 0. The molecule has 1 heterocycles. The molecule has 0 fully saturated rings. The first-order valence-corrected chi connectivity index (χ1v) is 4.52. The van der Waals surface area contributed by atoms with Crippen molar-refractivity contribution >= 4 is 0 Å². The lowest BCUT2D eigenvalue weighted by Gasteiger charge is -1.91. The predicted molar refractivity (Wildman–Crippen MR) is 49.7 cm³/mol. The zero-order valence-corrected chi connectivity index (χ0v) is 9.70. The Kier molecular flexibility index (Phi) is 6.59. The largest absolute Gasteiger partial charge is 1.00 e. The molecule has 1 rings (SSSR count). The van der Waals surface area contributed by atoms with Crippen LogP contribution < -0.4 is 21.5 Å². The van der Waals surface area contributed by atoms with E-state index >= 15 is 0 Å². The maximum Gasteiger partial charge on any atom is 0.244 e. The molecule has 0 N–H and O–H groups in total. The lowest BCUT2D eigenvalue weighted by Crippen LogP contribution is -3.00. The average Bonchev–Trinajstić information content (AvgIpc) is 2.50. The standard InChI is InChI=1S/C10H17N2.BrH/c1-3-5-7-12-9-8-11(10-12)6-4-2;/h4,8-10H,2-3,5-7H2,1H3;1H/q+1;/p-1. The van der Waals surface area contributed by atoms with Gasteiger partial charge < -0.3 is 17.0 Å². The molecule has 1 aromatic rings. The molecule has 0 aliphatic rings. The summed E-state index contributed by atoms with van der Waals surface area (Å²) in [6, 6.07) is 0. The molecule has 0 saturated carbocycles. The first-order chi connectivity index (χ1) is 5.86. The number of hydrogen-bond acceptors (Lipinski definition) is 0. The third kappa shape index (κ3) is 4.27. The second kappa shape index (κ2) is 6.89. The van der Waals surface area contributed by atoms with E-state index in [2.05, 4.69) is 41.4 Å². The minimum Gasteiger partial charge on any atom is -1.00 e. The first-order valence-electron chi connectivity index (χ1n) is 4.52. The quantitative estimate of drug-likeness (QED) is 0.453. The zero-order chi connectivity index (χ0) is 8.81. The summed E-state index contributed by atoms with van der Waals surface area (Å²) >= 11 is 0. The van der Waals surface area contributed by atoms with Gasteiger partial charge in [0.05, 0.1) is 6.54 Å². The fourth-order valence-corrected chi connectivity index (χ4v) is 1.17. The molecule has 1 aromatic heterocycles. The van der Waals surface area contributed by atoms with Gasteiger partial charge in [0.25, 0.3) is 0 Å². The van der Waals surface area contributed by atoms with Crippen LogP contribution in [0.2, 0.25) is 0 Å². The van der Waals surface area contributed by atoms with Crippen LogP contribution in [0.15, 0.2) is 31.4 Å². The fourth-order valence-electron chi connectivity index (χ4n) is 1.17. The molecule has 0 spiro atoms. The average molecular weight is 245 g/mol. The van der Waals surface area contributed by atoms with Gasteiger partial charge in [-0.3, -0.25) is 0 Å². The number of halogens is 1. The number of hydrogen-bond donors (Lipinski definition) is 0. The fraction of sp³-hybridized carbons (Fsp3) is 0.500. The molecule has 0 amide bonds. The van der Waals surface area contributed by atoms with Crippen molar-refractivity contribution in [2.45, 2.75) is 32.9 Å². The van der Waals surface area contributed by atoms with Crippen molar-refractivity contribution in [1.82, 2.24) is 4.57 Å². The van der Waals surface area contributed by atoms with Crippen molar-refractivity contribution in [1.29, 1.82) is 0 Å². The van der Waals surface area contributed by atoms with Crippen LogP contribution in [0.1, 0.15) is 19.8 Å². The van der Waals surface area contributed by atoms with Crippen molar-refractivity contribution in [2.24, 2.45) is 0 Å². The van der Waals surface area contributed by atoms with Gasteiger partial charge in [0.15, 0.2) is 0 Å². The van der Waals surface area contributed by atoms with Crippen molar-refractivity contribution < 1.29 is 21.5 Å². The highest BCUT2D eigenvalue weighted by Gasteiger charge is 1.99. The SMILES string of the molecule is C=CCn1cc[n+](CCCC)c1.[Br-]. The van der Waals surface area contributed by atoms with Gasteiger partial charge in [-0.2, -0.15) is 0 Å². The predicted octanol–water partition coefficient (Wildman–Crippen LogP) is -1.23. The molecule has 0 saturated heterocycles. The summed E-state index contributed by atoms with van der Waals surface area (Å²) in [7, 11) is 0. The first kappa shape index (κ1) is 12.4. The van der Waals surface area contributed by atoms with Crippen molar-refractivity contribution in [2.75, 3.05) is 0 Å². The maximum atomic E-state index is 3.70.